The van der Waals surface area contributed by atoms with Crippen LogP contribution in [0.3, 0.4) is 0 Å². The second kappa shape index (κ2) is 4.16. The molecule has 0 aromatic carbocycles. The number of amides is 1. The lowest BCUT2D eigenvalue weighted by molar-refractivity contribution is -0.143. The fourth-order valence-electron chi connectivity index (χ4n) is 1.56. The number of nitrogens with two attached hydrogens (primary N) is 1. The van der Waals surface area contributed by atoms with Crippen LogP contribution in [0.4, 0.5) is 0 Å². The molecule has 1 rings (SSSR count). The molecule has 15 heavy (non-hydrogen) atoms. The molecule has 0 aliphatic carbocycles. The van der Waals surface area contributed by atoms with Crippen molar-refractivity contribution >= 4 is 11.9 Å². The first-order valence-corrected chi connectivity index (χ1v) is 4.80. The number of carbonyl (C=O) groups excluding carboxylic acids is 1. The summed E-state index contributed by atoms with van der Waals surface area (Å²) in [5.41, 5.74) is 4.49. The Morgan fingerprint density at radius 3 is 2.53 bits per heavy atom. The number of nitrogens with zero attached hydrogens (tertiary/aromatic N) is 2. The van der Waals surface area contributed by atoms with Crippen LogP contribution in [0.25, 0.3) is 0 Å². The lowest BCUT2D eigenvalue weighted by atomic mass is 10.0. The van der Waals surface area contributed by atoms with Crippen molar-refractivity contribution in [3.63, 3.8) is 0 Å². The number of aliphatic carboxylic acids is 1. The molecule has 1 aliphatic rings. The summed E-state index contributed by atoms with van der Waals surface area (Å²) in [5, 5.41) is 8.89. The first-order valence-electron chi connectivity index (χ1n) is 4.80. The van der Waals surface area contributed by atoms with Gasteiger partial charge in [-0.15, -0.1) is 0 Å². The molecule has 1 unspecified atom stereocenters. The molecule has 0 bridgehead atoms. The van der Waals surface area contributed by atoms with E-state index in [1.54, 1.807) is 19.0 Å². The van der Waals surface area contributed by atoms with E-state index in [9.17, 15) is 9.59 Å². The van der Waals surface area contributed by atoms with Gasteiger partial charge in [-0.05, 0) is 6.42 Å². The maximum Gasteiger partial charge on any atom is 0.325 e. The predicted octanol–water partition coefficient (Wildman–Crippen LogP) is -1.44. The van der Waals surface area contributed by atoms with Crippen LogP contribution in [0.2, 0.25) is 0 Å². The molecule has 1 aliphatic heterocycles. The van der Waals surface area contributed by atoms with Crippen molar-refractivity contribution < 1.29 is 14.7 Å². The van der Waals surface area contributed by atoms with E-state index in [4.69, 9.17) is 10.8 Å². The summed E-state index contributed by atoms with van der Waals surface area (Å²) < 4.78 is 0. The minimum absolute atomic E-state index is 0.0374. The van der Waals surface area contributed by atoms with Crippen molar-refractivity contribution in [1.82, 2.24) is 9.80 Å². The Morgan fingerprint density at radius 1 is 1.53 bits per heavy atom. The van der Waals surface area contributed by atoms with Crippen molar-refractivity contribution in [3.8, 4) is 0 Å². The van der Waals surface area contributed by atoms with Crippen LogP contribution in [0, 0.1) is 0 Å². The summed E-state index contributed by atoms with van der Waals surface area (Å²) in [6, 6.07) is 0. The number of rotatable bonds is 3. The number of hydrogen-bond donors (Lipinski definition) is 2. The Labute approximate surface area is 88.6 Å². The van der Waals surface area contributed by atoms with Gasteiger partial charge < -0.3 is 15.7 Å². The van der Waals surface area contributed by atoms with Gasteiger partial charge in [-0.1, -0.05) is 0 Å². The molecule has 1 saturated heterocycles. The molecule has 86 valence electrons. The first kappa shape index (κ1) is 11.9. The van der Waals surface area contributed by atoms with Gasteiger partial charge in [0, 0.05) is 27.2 Å². The van der Waals surface area contributed by atoms with Gasteiger partial charge in [-0.25, -0.2) is 0 Å². The number of carboxylic acid groups (broad SMARTS) is 1. The summed E-state index contributed by atoms with van der Waals surface area (Å²) in [6.45, 7) is 1.03. The third kappa shape index (κ3) is 2.66. The molecule has 3 N–H and O–H groups in total. The molecule has 6 heteroatoms. The Bertz CT molecular complexity index is 280. The van der Waals surface area contributed by atoms with E-state index in [1.807, 2.05) is 0 Å². The van der Waals surface area contributed by atoms with E-state index in [1.165, 1.54) is 4.90 Å². The smallest absolute Gasteiger partial charge is 0.325 e. The number of hydrogen-bond acceptors (Lipinski definition) is 4. The number of carboxylic acids is 1. The molecule has 1 heterocycles. The zero-order valence-corrected chi connectivity index (χ0v) is 9.06. The van der Waals surface area contributed by atoms with E-state index in [0.29, 0.717) is 13.0 Å². The Hall–Kier alpha value is -1.14. The highest BCUT2D eigenvalue weighted by molar-refractivity contribution is 5.80. The normalized spacial score (nSPS) is 26.6. The van der Waals surface area contributed by atoms with E-state index in [-0.39, 0.29) is 19.0 Å². The van der Waals surface area contributed by atoms with Gasteiger partial charge in [-0.2, -0.15) is 0 Å². The molecule has 0 spiro atoms. The standard InChI is InChI=1S/C9H17N3O3/c1-11(2)7(13)5-12-4-3-9(10,6-12)8(14)15/h3-6,10H2,1-2H3,(H,14,15). The average molecular weight is 215 g/mol. The highest BCUT2D eigenvalue weighted by Crippen LogP contribution is 2.18. The van der Waals surface area contributed by atoms with Crippen LogP contribution in [-0.2, 0) is 9.59 Å². The van der Waals surface area contributed by atoms with E-state index < -0.39 is 11.5 Å². The summed E-state index contributed by atoms with van der Waals surface area (Å²) >= 11 is 0. The highest BCUT2D eigenvalue weighted by atomic mass is 16.4. The number of carbonyl (C=O) groups is 2. The van der Waals surface area contributed by atoms with Gasteiger partial charge in [0.2, 0.25) is 5.91 Å². The topological polar surface area (TPSA) is 86.9 Å². The zero-order chi connectivity index (χ0) is 11.6. The van der Waals surface area contributed by atoms with Crippen molar-refractivity contribution in [2.75, 3.05) is 33.7 Å². The molecule has 1 amide bonds. The summed E-state index contributed by atoms with van der Waals surface area (Å²) in [4.78, 5) is 25.5. The molecule has 0 aromatic rings. The van der Waals surface area contributed by atoms with Crippen molar-refractivity contribution in [2.45, 2.75) is 12.0 Å². The maximum atomic E-state index is 11.4. The molecular formula is C9H17N3O3. The molecule has 1 atom stereocenters. The SMILES string of the molecule is CN(C)C(=O)CN1CCC(N)(C(=O)O)C1. The largest absolute Gasteiger partial charge is 0.480 e. The minimum atomic E-state index is -1.19. The van der Waals surface area contributed by atoms with Crippen LogP contribution in [-0.4, -0.2) is 66.1 Å². The van der Waals surface area contributed by atoms with Crippen LogP contribution >= 0.6 is 0 Å². The van der Waals surface area contributed by atoms with E-state index >= 15 is 0 Å². The van der Waals surface area contributed by atoms with Crippen molar-refractivity contribution in [2.24, 2.45) is 5.73 Å². The maximum absolute atomic E-state index is 11.4. The van der Waals surface area contributed by atoms with E-state index in [2.05, 4.69) is 0 Å². The lowest BCUT2D eigenvalue weighted by Gasteiger charge is -2.20. The summed E-state index contributed by atoms with van der Waals surface area (Å²) in [7, 11) is 3.34. The Balaban J connectivity index is 2.50. The molecule has 0 saturated carbocycles. The van der Waals surface area contributed by atoms with Gasteiger partial charge in [0.1, 0.15) is 5.54 Å². The molecule has 0 radical (unpaired) electrons. The second-order valence-electron chi connectivity index (χ2n) is 4.21. The number of likely N-dealkylation sites (N-methyl/N-ethyl adjacent to an activating group) is 1. The van der Waals surface area contributed by atoms with Gasteiger partial charge in [0.15, 0.2) is 0 Å². The minimum Gasteiger partial charge on any atom is -0.480 e. The third-order valence-electron chi connectivity index (χ3n) is 2.66. The summed E-state index contributed by atoms with van der Waals surface area (Å²) in [5.74, 6) is -1.04. The average Bonchev–Trinajstić information content (AvgIpc) is 2.48. The quantitative estimate of drug-likeness (QED) is 0.602. The highest BCUT2D eigenvalue weighted by Gasteiger charge is 2.41. The molecular weight excluding hydrogens is 198 g/mol. The van der Waals surface area contributed by atoms with Crippen LogP contribution in [0.15, 0.2) is 0 Å². The summed E-state index contributed by atoms with van der Waals surface area (Å²) in [6.07, 6.45) is 0.392. The Morgan fingerprint density at radius 2 is 2.13 bits per heavy atom. The third-order valence-corrected chi connectivity index (χ3v) is 2.66. The fraction of sp³-hybridized carbons (Fsp3) is 0.778. The number of likely N-dealkylation sites (tertiary alicyclic amines) is 1. The fourth-order valence-corrected chi connectivity index (χ4v) is 1.56. The van der Waals surface area contributed by atoms with Crippen molar-refractivity contribution in [3.05, 3.63) is 0 Å². The molecule has 6 nitrogen and oxygen atoms in total. The van der Waals surface area contributed by atoms with Crippen molar-refractivity contribution in [1.29, 1.82) is 0 Å². The molecule has 1 fully saturated rings. The monoisotopic (exact) mass is 215 g/mol. The zero-order valence-electron chi connectivity index (χ0n) is 9.06. The van der Waals surface area contributed by atoms with Crippen LogP contribution < -0.4 is 5.73 Å². The van der Waals surface area contributed by atoms with E-state index in [0.717, 1.165) is 0 Å². The second-order valence-corrected chi connectivity index (χ2v) is 4.21. The predicted molar refractivity (Wildman–Crippen MR) is 54.3 cm³/mol. The van der Waals surface area contributed by atoms with Gasteiger partial charge in [-0.3, -0.25) is 14.5 Å². The van der Waals surface area contributed by atoms with Crippen LogP contribution in [0.1, 0.15) is 6.42 Å². The first-order chi connectivity index (χ1) is 6.85. The van der Waals surface area contributed by atoms with Gasteiger partial charge >= 0.3 is 5.97 Å². The van der Waals surface area contributed by atoms with Gasteiger partial charge in [0.25, 0.3) is 0 Å². The van der Waals surface area contributed by atoms with Crippen LogP contribution in [0.5, 0.6) is 0 Å². The van der Waals surface area contributed by atoms with Gasteiger partial charge in [0.05, 0.1) is 6.54 Å². The molecule has 0 aromatic heterocycles. The lowest BCUT2D eigenvalue weighted by Crippen LogP contribution is -2.50. The Kier molecular flexibility index (Phi) is 3.31.